The minimum atomic E-state index is -0.310. The van der Waals surface area contributed by atoms with Crippen molar-refractivity contribution in [3.8, 4) is 0 Å². The van der Waals surface area contributed by atoms with E-state index in [9.17, 15) is 9.59 Å². The van der Waals surface area contributed by atoms with Crippen LogP contribution in [0, 0.1) is 0 Å². The Morgan fingerprint density at radius 2 is 2.03 bits per heavy atom. The molecule has 0 saturated carbocycles. The molecule has 2 N–H and O–H groups in total. The lowest BCUT2D eigenvalue weighted by Crippen LogP contribution is -2.31. The summed E-state index contributed by atoms with van der Waals surface area (Å²) in [6, 6.07) is 14.8. The molecule has 7 heteroatoms. The Balaban J connectivity index is 1.41. The molecule has 0 bridgehead atoms. The highest BCUT2D eigenvalue weighted by atomic mass is 16.2. The maximum atomic E-state index is 12.9. The highest BCUT2D eigenvalue weighted by Crippen LogP contribution is 2.19. The van der Waals surface area contributed by atoms with Crippen LogP contribution in [0.1, 0.15) is 16.8 Å². The summed E-state index contributed by atoms with van der Waals surface area (Å²) >= 11 is 0. The lowest BCUT2D eigenvalue weighted by atomic mass is 10.1. The van der Waals surface area contributed by atoms with E-state index in [0.717, 1.165) is 17.3 Å². The number of nitrogens with zero attached hydrogens (tertiary/aromatic N) is 3. The van der Waals surface area contributed by atoms with Crippen LogP contribution in [0.5, 0.6) is 0 Å². The van der Waals surface area contributed by atoms with Gasteiger partial charge >= 0.3 is 0 Å². The fraction of sp³-hybridized carbons (Fsp3) is 0.182. The lowest BCUT2D eigenvalue weighted by molar-refractivity contribution is -0.111. The molecule has 146 valence electrons. The number of hydrogen-bond acceptors (Lipinski definition) is 5. The molecule has 1 aromatic heterocycles. The Bertz CT molecular complexity index is 1080. The van der Waals surface area contributed by atoms with Gasteiger partial charge < -0.3 is 15.5 Å². The Morgan fingerprint density at radius 1 is 1.17 bits per heavy atom. The molecule has 7 nitrogen and oxygen atoms in total. The number of para-hydroxylation sites is 1. The summed E-state index contributed by atoms with van der Waals surface area (Å²) in [4.78, 5) is 35.0. The topological polar surface area (TPSA) is 87.2 Å². The molecule has 0 radical (unpaired) electrons. The van der Waals surface area contributed by atoms with Crippen molar-refractivity contribution in [2.24, 2.45) is 0 Å². The first-order valence-corrected chi connectivity index (χ1v) is 9.43. The van der Waals surface area contributed by atoms with Gasteiger partial charge in [0, 0.05) is 42.0 Å². The third-order valence-corrected chi connectivity index (χ3v) is 4.86. The number of anilines is 2. The van der Waals surface area contributed by atoms with E-state index >= 15 is 0 Å². The molecular weight excluding hydrogens is 366 g/mol. The minimum absolute atomic E-state index is 0.0663. The number of carbonyl (C=O) groups excluding carboxylic acids is 2. The van der Waals surface area contributed by atoms with Crippen LogP contribution in [-0.2, 0) is 4.79 Å². The smallest absolute Gasteiger partial charge is 0.254 e. The van der Waals surface area contributed by atoms with E-state index in [-0.39, 0.29) is 17.9 Å². The molecular formula is C22H21N5O2. The zero-order valence-electron chi connectivity index (χ0n) is 15.8. The third kappa shape index (κ3) is 4.24. The van der Waals surface area contributed by atoms with Gasteiger partial charge in [0.1, 0.15) is 0 Å². The highest BCUT2D eigenvalue weighted by Gasteiger charge is 2.27. The Labute approximate surface area is 168 Å². The summed E-state index contributed by atoms with van der Waals surface area (Å²) < 4.78 is 0. The van der Waals surface area contributed by atoms with Crippen LogP contribution in [0.15, 0.2) is 67.4 Å². The predicted octanol–water partition coefficient (Wildman–Crippen LogP) is 3.08. The van der Waals surface area contributed by atoms with E-state index in [0.29, 0.717) is 30.3 Å². The van der Waals surface area contributed by atoms with E-state index in [1.165, 1.54) is 6.08 Å². The third-order valence-electron chi connectivity index (χ3n) is 4.86. The number of amides is 2. The van der Waals surface area contributed by atoms with Crippen molar-refractivity contribution in [2.45, 2.75) is 12.5 Å². The SMILES string of the molecule is C=CC(=O)Nc1cccc(C(=O)N2CC[C@@H](Nc3ncc4ccccc4n3)C2)c1. The largest absolute Gasteiger partial charge is 0.350 e. The van der Waals surface area contributed by atoms with Crippen LogP contribution >= 0.6 is 0 Å². The molecule has 2 amide bonds. The van der Waals surface area contributed by atoms with Crippen molar-refractivity contribution in [3.05, 3.63) is 72.9 Å². The summed E-state index contributed by atoms with van der Waals surface area (Å²) in [5, 5.41) is 7.00. The first-order chi connectivity index (χ1) is 14.1. The normalized spacial score (nSPS) is 15.9. The van der Waals surface area contributed by atoms with Crippen LogP contribution in [0.3, 0.4) is 0 Å². The second kappa shape index (κ2) is 8.10. The van der Waals surface area contributed by atoms with Crippen LogP contribution in [-0.4, -0.2) is 45.8 Å². The van der Waals surface area contributed by atoms with Gasteiger partial charge in [-0.1, -0.05) is 30.8 Å². The highest BCUT2D eigenvalue weighted by molar-refractivity contribution is 6.00. The first kappa shape index (κ1) is 18.6. The number of likely N-dealkylation sites (tertiary alicyclic amines) is 1. The van der Waals surface area contributed by atoms with E-state index in [2.05, 4.69) is 27.2 Å². The molecule has 2 heterocycles. The molecule has 1 aliphatic heterocycles. The molecule has 1 atom stereocenters. The van der Waals surface area contributed by atoms with Gasteiger partial charge in [0.25, 0.3) is 5.91 Å². The number of carbonyl (C=O) groups is 2. The van der Waals surface area contributed by atoms with Gasteiger partial charge in [0.15, 0.2) is 0 Å². The van der Waals surface area contributed by atoms with E-state index in [4.69, 9.17) is 0 Å². The summed E-state index contributed by atoms with van der Waals surface area (Å²) in [6.45, 7) is 4.65. The van der Waals surface area contributed by atoms with E-state index in [1.54, 1.807) is 35.4 Å². The van der Waals surface area contributed by atoms with Crippen molar-refractivity contribution in [3.63, 3.8) is 0 Å². The fourth-order valence-electron chi connectivity index (χ4n) is 3.39. The zero-order chi connectivity index (χ0) is 20.2. The number of fused-ring (bicyclic) bond motifs is 1. The second-order valence-corrected chi connectivity index (χ2v) is 6.91. The average Bonchev–Trinajstić information content (AvgIpc) is 3.21. The van der Waals surface area contributed by atoms with Gasteiger partial charge in [0.05, 0.1) is 5.52 Å². The molecule has 4 rings (SSSR count). The Kier molecular flexibility index (Phi) is 5.20. The lowest BCUT2D eigenvalue weighted by Gasteiger charge is -2.18. The monoisotopic (exact) mass is 387 g/mol. The molecule has 1 fully saturated rings. The zero-order valence-corrected chi connectivity index (χ0v) is 15.8. The van der Waals surface area contributed by atoms with Crippen molar-refractivity contribution >= 4 is 34.4 Å². The molecule has 1 saturated heterocycles. The first-order valence-electron chi connectivity index (χ1n) is 9.43. The van der Waals surface area contributed by atoms with E-state index < -0.39 is 0 Å². The summed E-state index contributed by atoms with van der Waals surface area (Å²) in [5.41, 5.74) is 1.99. The predicted molar refractivity (Wildman–Crippen MR) is 113 cm³/mol. The number of benzene rings is 2. The molecule has 2 aromatic carbocycles. The maximum Gasteiger partial charge on any atom is 0.254 e. The van der Waals surface area contributed by atoms with Gasteiger partial charge in [-0.15, -0.1) is 0 Å². The van der Waals surface area contributed by atoms with Crippen molar-refractivity contribution in [1.82, 2.24) is 14.9 Å². The molecule has 1 aliphatic rings. The summed E-state index contributed by atoms with van der Waals surface area (Å²) in [6.07, 6.45) is 3.81. The van der Waals surface area contributed by atoms with Crippen molar-refractivity contribution in [1.29, 1.82) is 0 Å². The van der Waals surface area contributed by atoms with Gasteiger partial charge in [-0.2, -0.15) is 0 Å². The molecule has 0 spiro atoms. The average molecular weight is 387 g/mol. The quantitative estimate of drug-likeness (QED) is 0.657. The van der Waals surface area contributed by atoms with Gasteiger partial charge in [0.2, 0.25) is 11.9 Å². The molecule has 3 aromatic rings. The standard InChI is InChI=1S/C22H21N5O2/c1-2-20(28)24-17-8-5-7-15(12-17)21(29)27-11-10-18(14-27)25-22-23-13-16-6-3-4-9-19(16)26-22/h2-9,12-13,18H,1,10-11,14H2,(H,24,28)(H,23,25,26)/t18-/m1/s1. The van der Waals surface area contributed by atoms with Crippen LogP contribution in [0.25, 0.3) is 10.9 Å². The molecule has 0 aliphatic carbocycles. The van der Waals surface area contributed by atoms with Gasteiger partial charge in [-0.25, -0.2) is 9.97 Å². The van der Waals surface area contributed by atoms with Crippen LogP contribution in [0.4, 0.5) is 11.6 Å². The van der Waals surface area contributed by atoms with Gasteiger partial charge in [-0.05, 0) is 36.8 Å². The number of hydrogen-bond donors (Lipinski definition) is 2. The fourth-order valence-corrected chi connectivity index (χ4v) is 3.39. The Morgan fingerprint density at radius 3 is 2.90 bits per heavy atom. The van der Waals surface area contributed by atoms with Crippen molar-refractivity contribution < 1.29 is 9.59 Å². The summed E-state index contributed by atoms with van der Waals surface area (Å²) in [7, 11) is 0. The number of rotatable bonds is 5. The Hall–Kier alpha value is -3.74. The van der Waals surface area contributed by atoms with E-state index in [1.807, 2.05) is 24.3 Å². The second-order valence-electron chi connectivity index (χ2n) is 6.91. The van der Waals surface area contributed by atoms with Crippen molar-refractivity contribution in [2.75, 3.05) is 23.7 Å². The number of aromatic nitrogens is 2. The van der Waals surface area contributed by atoms with Crippen LogP contribution < -0.4 is 10.6 Å². The summed E-state index contributed by atoms with van der Waals surface area (Å²) in [5.74, 6) is 0.191. The van der Waals surface area contributed by atoms with Gasteiger partial charge in [-0.3, -0.25) is 9.59 Å². The van der Waals surface area contributed by atoms with Crippen LogP contribution in [0.2, 0.25) is 0 Å². The number of nitrogens with one attached hydrogen (secondary N) is 2. The molecule has 0 unspecified atom stereocenters. The molecule has 29 heavy (non-hydrogen) atoms. The maximum absolute atomic E-state index is 12.9. The minimum Gasteiger partial charge on any atom is -0.350 e.